The van der Waals surface area contributed by atoms with Crippen molar-refractivity contribution in [3.8, 4) is 11.1 Å². The lowest BCUT2D eigenvalue weighted by molar-refractivity contribution is 0.270. The summed E-state index contributed by atoms with van der Waals surface area (Å²) in [5.41, 5.74) is 8.52. The lowest BCUT2D eigenvalue weighted by atomic mass is 9.64. The van der Waals surface area contributed by atoms with Crippen LogP contribution in [0, 0.1) is 0 Å². The first-order valence-electron chi connectivity index (χ1n) is 9.96. The smallest absolute Gasteiger partial charge is 0.253 e. The van der Waals surface area contributed by atoms with Crippen LogP contribution in [0.4, 0.5) is 5.95 Å². The second kappa shape index (κ2) is 7.33. The summed E-state index contributed by atoms with van der Waals surface area (Å²) in [7, 11) is 1.82. The fraction of sp³-hybridized carbons (Fsp3) is 0.333. The molecule has 3 aromatic rings. The van der Waals surface area contributed by atoms with E-state index in [1.165, 1.54) is 5.56 Å². The summed E-state index contributed by atoms with van der Waals surface area (Å²) in [4.78, 5) is 21.8. The van der Waals surface area contributed by atoms with Crippen molar-refractivity contribution < 1.29 is 4.52 Å². The SMILES string of the molecule is CNC1=NCC(c2nc(C3(c4ccc(-c5cnc(N)nc5)cc4)CCC3)no2)N=C1. The molecule has 3 N–H and O–H groups in total. The summed E-state index contributed by atoms with van der Waals surface area (Å²) in [5.74, 6) is 2.27. The van der Waals surface area contributed by atoms with Crippen molar-refractivity contribution in [1.82, 2.24) is 25.4 Å². The molecule has 1 fully saturated rings. The van der Waals surface area contributed by atoms with Crippen LogP contribution in [0.2, 0.25) is 0 Å². The molecule has 9 heteroatoms. The molecule has 0 amide bonds. The Morgan fingerprint density at radius 3 is 2.47 bits per heavy atom. The van der Waals surface area contributed by atoms with E-state index in [4.69, 9.17) is 15.2 Å². The highest BCUT2D eigenvalue weighted by Gasteiger charge is 2.44. The van der Waals surface area contributed by atoms with Crippen molar-refractivity contribution in [3.05, 3.63) is 53.9 Å². The first-order chi connectivity index (χ1) is 14.7. The number of benzene rings is 1. The lowest BCUT2D eigenvalue weighted by Crippen LogP contribution is -2.36. The van der Waals surface area contributed by atoms with Gasteiger partial charge in [-0.15, -0.1) is 0 Å². The van der Waals surface area contributed by atoms with E-state index in [2.05, 4.69) is 54.7 Å². The third-order valence-electron chi connectivity index (χ3n) is 5.87. The average Bonchev–Trinajstić information content (AvgIpc) is 3.24. The summed E-state index contributed by atoms with van der Waals surface area (Å²) >= 11 is 0. The van der Waals surface area contributed by atoms with Gasteiger partial charge < -0.3 is 15.6 Å². The van der Waals surface area contributed by atoms with Gasteiger partial charge in [-0.2, -0.15) is 4.98 Å². The van der Waals surface area contributed by atoms with Gasteiger partial charge in [0.25, 0.3) is 5.89 Å². The standard InChI is InChI=1S/C21H22N8O/c1-23-17-12-24-16(11-25-17)18-28-19(29-30-18)21(7-2-8-21)15-5-3-13(4-6-15)14-9-26-20(22)27-10-14/h3-6,9-10,12,16H,2,7-8,11H2,1H3,(H,23,25)(H2,22,26,27). The van der Waals surface area contributed by atoms with Gasteiger partial charge in [0.05, 0.1) is 18.2 Å². The summed E-state index contributed by atoms with van der Waals surface area (Å²) in [5, 5.41) is 7.32. The molecule has 1 saturated carbocycles. The van der Waals surface area contributed by atoms with Gasteiger partial charge in [-0.3, -0.25) is 9.98 Å². The van der Waals surface area contributed by atoms with E-state index in [1.54, 1.807) is 18.6 Å². The number of nitrogens with two attached hydrogens (primary N) is 1. The van der Waals surface area contributed by atoms with Gasteiger partial charge in [-0.1, -0.05) is 35.8 Å². The largest absolute Gasteiger partial charge is 0.372 e. The summed E-state index contributed by atoms with van der Waals surface area (Å²) in [6.45, 7) is 0.500. The molecule has 1 aromatic carbocycles. The van der Waals surface area contributed by atoms with Gasteiger partial charge in [-0.05, 0) is 24.0 Å². The maximum atomic E-state index is 5.59. The predicted octanol–water partition coefficient (Wildman–Crippen LogP) is 2.32. The second-order valence-electron chi connectivity index (χ2n) is 7.57. The van der Waals surface area contributed by atoms with Crippen LogP contribution in [0.15, 0.2) is 51.2 Å². The quantitative estimate of drug-likeness (QED) is 0.685. The van der Waals surface area contributed by atoms with Crippen LogP contribution in [-0.4, -0.2) is 45.8 Å². The Balaban J connectivity index is 1.40. The number of aliphatic imine (C=N–C) groups is 2. The highest BCUT2D eigenvalue weighted by atomic mass is 16.5. The van der Waals surface area contributed by atoms with Crippen molar-refractivity contribution in [2.45, 2.75) is 30.7 Å². The number of amidine groups is 1. The maximum absolute atomic E-state index is 5.59. The zero-order valence-corrected chi connectivity index (χ0v) is 16.6. The van der Waals surface area contributed by atoms with E-state index in [0.29, 0.717) is 12.4 Å². The topological polar surface area (TPSA) is 127 Å². The lowest BCUT2D eigenvalue weighted by Gasteiger charge is -2.39. The molecule has 2 aliphatic rings. The molecular formula is C21H22N8O. The molecule has 30 heavy (non-hydrogen) atoms. The maximum Gasteiger partial charge on any atom is 0.253 e. The third-order valence-corrected chi connectivity index (χ3v) is 5.87. The van der Waals surface area contributed by atoms with Crippen LogP contribution in [-0.2, 0) is 5.41 Å². The number of anilines is 1. The summed E-state index contributed by atoms with van der Waals surface area (Å²) in [6, 6.07) is 8.18. The monoisotopic (exact) mass is 402 g/mol. The number of aromatic nitrogens is 4. The zero-order valence-electron chi connectivity index (χ0n) is 16.6. The highest BCUT2D eigenvalue weighted by Crippen LogP contribution is 2.48. The molecule has 0 radical (unpaired) electrons. The fourth-order valence-electron chi connectivity index (χ4n) is 3.92. The van der Waals surface area contributed by atoms with Crippen molar-refractivity contribution in [2.24, 2.45) is 9.98 Å². The molecule has 5 rings (SSSR count). The van der Waals surface area contributed by atoms with Gasteiger partial charge in [0, 0.05) is 25.0 Å². The van der Waals surface area contributed by atoms with Gasteiger partial charge in [-0.25, -0.2) is 9.97 Å². The van der Waals surface area contributed by atoms with E-state index in [1.807, 2.05) is 7.05 Å². The Morgan fingerprint density at radius 1 is 1.10 bits per heavy atom. The molecule has 1 unspecified atom stereocenters. The van der Waals surface area contributed by atoms with Crippen LogP contribution < -0.4 is 11.1 Å². The van der Waals surface area contributed by atoms with E-state index in [9.17, 15) is 0 Å². The van der Waals surface area contributed by atoms with Crippen LogP contribution in [0.5, 0.6) is 0 Å². The molecule has 1 aliphatic heterocycles. The number of hydrogen-bond donors (Lipinski definition) is 2. The van der Waals surface area contributed by atoms with Crippen molar-refractivity contribution >= 4 is 18.0 Å². The number of nitrogens with one attached hydrogen (secondary N) is 1. The van der Waals surface area contributed by atoms with Gasteiger partial charge >= 0.3 is 0 Å². The Bertz CT molecular complexity index is 1100. The minimum absolute atomic E-state index is 0.213. The molecule has 0 spiro atoms. The number of nitrogens with zero attached hydrogens (tertiary/aromatic N) is 6. The van der Waals surface area contributed by atoms with Crippen LogP contribution in [0.1, 0.15) is 42.6 Å². The Labute approximate surface area is 173 Å². The number of nitrogen functional groups attached to an aromatic ring is 1. The first kappa shape index (κ1) is 18.4. The molecular weight excluding hydrogens is 380 g/mol. The molecule has 0 bridgehead atoms. The second-order valence-corrected chi connectivity index (χ2v) is 7.57. The van der Waals surface area contributed by atoms with Crippen LogP contribution in [0.25, 0.3) is 11.1 Å². The summed E-state index contributed by atoms with van der Waals surface area (Å²) < 4.78 is 5.59. The molecule has 1 atom stereocenters. The Kier molecular flexibility index (Phi) is 4.50. The molecule has 0 saturated heterocycles. The van der Waals surface area contributed by atoms with E-state index in [-0.39, 0.29) is 17.4 Å². The molecule has 3 heterocycles. The van der Waals surface area contributed by atoms with E-state index >= 15 is 0 Å². The number of rotatable bonds is 4. The van der Waals surface area contributed by atoms with Gasteiger partial charge in [0.1, 0.15) is 11.9 Å². The summed E-state index contributed by atoms with van der Waals surface area (Å²) in [6.07, 6.45) is 8.29. The highest BCUT2D eigenvalue weighted by molar-refractivity contribution is 6.29. The van der Waals surface area contributed by atoms with Crippen LogP contribution >= 0.6 is 0 Å². The molecule has 2 aromatic heterocycles. The fourth-order valence-corrected chi connectivity index (χ4v) is 3.92. The van der Waals surface area contributed by atoms with Crippen molar-refractivity contribution in [2.75, 3.05) is 19.3 Å². The van der Waals surface area contributed by atoms with E-state index < -0.39 is 0 Å². The molecule has 9 nitrogen and oxygen atoms in total. The minimum atomic E-state index is -0.228. The minimum Gasteiger partial charge on any atom is -0.372 e. The number of hydrogen-bond acceptors (Lipinski definition) is 9. The molecule has 1 aliphatic carbocycles. The Hall–Kier alpha value is -3.62. The Morgan fingerprint density at radius 2 is 1.87 bits per heavy atom. The first-order valence-corrected chi connectivity index (χ1v) is 9.96. The van der Waals surface area contributed by atoms with Crippen LogP contribution in [0.3, 0.4) is 0 Å². The van der Waals surface area contributed by atoms with Crippen molar-refractivity contribution in [1.29, 1.82) is 0 Å². The average molecular weight is 402 g/mol. The van der Waals surface area contributed by atoms with Gasteiger partial charge in [0.2, 0.25) is 5.95 Å². The third kappa shape index (κ3) is 3.12. The van der Waals surface area contributed by atoms with Gasteiger partial charge in [0.15, 0.2) is 5.82 Å². The zero-order chi connectivity index (χ0) is 20.6. The van der Waals surface area contributed by atoms with E-state index in [0.717, 1.165) is 42.0 Å². The predicted molar refractivity (Wildman–Crippen MR) is 113 cm³/mol. The normalized spacial score (nSPS) is 19.8. The molecule has 152 valence electrons. The van der Waals surface area contributed by atoms with Crippen molar-refractivity contribution in [3.63, 3.8) is 0 Å².